The first kappa shape index (κ1) is 34.9. The molecule has 0 aliphatic heterocycles. The third-order valence-electron chi connectivity index (χ3n) is 5.90. The molecule has 0 fully saturated rings. The van der Waals surface area contributed by atoms with Gasteiger partial charge in [0.15, 0.2) is 0 Å². The van der Waals surface area contributed by atoms with E-state index in [0.717, 1.165) is 37.8 Å². The second kappa shape index (κ2) is 16.0. The molecule has 2 heterocycles. The predicted molar refractivity (Wildman–Crippen MR) is 193 cm³/mol. The van der Waals surface area contributed by atoms with Crippen molar-refractivity contribution in [2.24, 2.45) is 10.8 Å². The minimum atomic E-state index is 0.126. The van der Waals surface area contributed by atoms with Gasteiger partial charge in [-0.05, 0) is 115 Å². The number of hydrogen-bond donors (Lipinski definition) is 0. The third kappa shape index (κ3) is 12.9. The molecule has 0 aliphatic carbocycles. The number of rotatable bonds is 8. The van der Waals surface area contributed by atoms with Crippen molar-refractivity contribution in [3.8, 4) is 6.07 Å². The lowest BCUT2D eigenvalue weighted by atomic mass is 9.95. The number of halogens is 3. The Kier molecular flexibility index (Phi) is 13.0. The minimum Gasteiger partial charge on any atom is -0.352 e. The van der Waals surface area contributed by atoms with E-state index in [9.17, 15) is 0 Å². The van der Waals surface area contributed by atoms with Gasteiger partial charge in [0.05, 0.1) is 0 Å². The van der Waals surface area contributed by atoms with Gasteiger partial charge in [0, 0.05) is 45.7 Å². The minimum absolute atomic E-state index is 0.126. The van der Waals surface area contributed by atoms with Crippen molar-refractivity contribution >= 4 is 68.4 Å². The van der Waals surface area contributed by atoms with Gasteiger partial charge in [-0.3, -0.25) is 0 Å². The molecule has 0 bridgehead atoms. The van der Waals surface area contributed by atoms with Crippen LogP contribution in [0, 0.1) is 29.3 Å². The molecule has 2 aromatic heterocycles. The maximum atomic E-state index is 9.00. The van der Waals surface area contributed by atoms with Crippen LogP contribution in [0.5, 0.6) is 0 Å². The fraction of sp³-hybridized carbons (Fsp3) is 0.364. The van der Waals surface area contributed by atoms with Gasteiger partial charge in [0.1, 0.15) is 17.7 Å². The van der Waals surface area contributed by atoms with Crippen LogP contribution in [0.2, 0.25) is 5.28 Å². The smallest absolute Gasteiger partial charge is 0.234 e. The maximum absolute atomic E-state index is 9.00. The molecule has 0 N–H and O–H groups in total. The van der Waals surface area contributed by atoms with Gasteiger partial charge in [-0.25, -0.2) is 19.9 Å². The van der Waals surface area contributed by atoms with E-state index in [1.807, 2.05) is 18.2 Å². The lowest BCUT2D eigenvalue weighted by Gasteiger charge is -2.31. The number of benzene rings is 2. The second-order valence-electron chi connectivity index (χ2n) is 12.6. The lowest BCUT2D eigenvalue weighted by molar-refractivity contribution is 0.407. The summed E-state index contributed by atoms with van der Waals surface area (Å²) >= 11 is 10.6. The number of anilines is 2. The molecule has 0 spiro atoms. The highest BCUT2D eigenvalue weighted by atomic mass is 127. The van der Waals surface area contributed by atoms with Gasteiger partial charge in [-0.1, -0.05) is 65.8 Å². The van der Waals surface area contributed by atoms with Gasteiger partial charge < -0.3 is 9.80 Å². The summed E-state index contributed by atoms with van der Waals surface area (Å²) in [7, 11) is 0. The highest BCUT2D eigenvalue weighted by Crippen LogP contribution is 2.24. The van der Waals surface area contributed by atoms with Crippen LogP contribution in [0.4, 0.5) is 11.6 Å². The summed E-state index contributed by atoms with van der Waals surface area (Å²) in [5, 5.41) is 9.29. The van der Waals surface area contributed by atoms with E-state index >= 15 is 0 Å². The van der Waals surface area contributed by atoms with Crippen LogP contribution >= 0.6 is 56.8 Å². The highest BCUT2D eigenvalue weighted by Gasteiger charge is 2.20. The molecule has 4 rings (SSSR count). The summed E-state index contributed by atoms with van der Waals surface area (Å²) in [6.07, 6.45) is 3.35. The largest absolute Gasteiger partial charge is 0.352 e. The van der Waals surface area contributed by atoms with Crippen molar-refractivity contribution in [1.29, 1.82) is 5.26 Å². The molecule has 43 heavy (non-hydrogen) atoms. The molecular weight excluding hydrogens is 784 g/mol. The molecular formula is C33H38ClI2N7. The van der Waals surface area contributed by atoms with E-state index < -0.39 is 0 Å². The third-order valence-corrected chi connectivity index (χ3v) is 7.52. The van der Waals surface area contributed by atoms with Gasteiger partial charge in [-0.2, -0.15) is 5.26 Å². The fourth-order valence-electron chi connectivity index (χ4n) is 4.28. The van der Waals surface area contributed by atoms with E-state index in [4.69, 9.17) is 16.9 Å². The van der Waals surface area contributed by atoms with Crippen LogP contribution in [0.1, 0.15) is 58.5 Å². The predicted octanol–water partition coefficient (Wildman–Crippen LogP) is 8.79. The number of nitrogens with zero attached hydrogens (tertiary/aromatic N) is 7. The molecule has 0 saturated carbocycles. The van der Waals surface area contributed by atoms with Crippen molar-refractivity contribution in [3.63, 3.8) is 0 Å². The average Bonchev–Trinajstić information content (AvgIpc) is 2.94. The maximum Gasteiger partial charge on any atom is 0.234 e. The first-order valence-electron chi connectivity index (χ1n) is 13.9. The molecule has 0 saturated heterocycles. The Morgan fingerprint density at radius 1 is 0.674 bits per heavy atom. The quantitative estimate of drug-likeness (QED) is 0.130. The molecule has 10 heteroatoms. The van der Waals surface area contributed by atoms with Crippen molar-refractivity contribution in [1.82, 2.24) is 19.9 Å². The van der Waals surface area contributed by atoms with E-state index in [0.29, 0.717) is 0 Å². The van der Waals surface area contributed by atoms with Gasteiger partial charge in [-0.15, -0.1) is 0 Å². The highest BCUT2D eigenvalue weighted by molar-refractivity contribution is 14.1. The molecule has 0 radical (unpaired) electrons. The normalized spacial score (nSPS) is 11.3. The van der Waals surface area contributed by atoms with Crippen LogP contribution in [0.15, 0.2) is 73.1 Å². The summed E-state index contributed by atoms with van der Waals surface area (Å²) in [6, 6.07) is 22.8. The molecule has 0 aliphatic rings. The van der Waals surface area contributed by atoms with E-state index in [1.54, 1.807) is 12.4 Å². The summed E-state index contributed by atoms with van der Waals surface area (Å²) in [6.45, 7) is 16.6. The zero-order valence-corrected chi connectivity index (χ0v) is 30.6. The van der Waals surface area contributed by atoms with Crippen LogP contribution < -0.4 is 9.80 Å². The molecule has 7 nitrogen and oxygen atoms in total. The Labute approximate surface area is 288 Å². The number of nitriles is 1. The Morgan fingerprint density at radius 3 is 1.49 bits per heavy atom. The van der Waals surface area contributed by atoms with E-state index in [-0.39, 0.29) is 21.9 Å². The Bertz CT molecular complexity index is 1490. The first-order valence-corrected chi connectivity index (χ1v) is 16.4. The SMILES string of the molecule is CC(C)(C)CN(Cc1ccc(I)cc1)c1ccnc(C#N)n1.CC(C)(C)CN(Cc1ccc(I)cc1)c1ccnc(Cl)n1. The molecule has 0 amide bonds. The zero-order chi connectivity index (χ0) is 31.6. The molecule has 0 unspecified atom stereocenters. The first-order chi connectivity index (χ1) is 20.2. The Balaban J connectivity index is 0.000000236. The standard InChI is InChI=1S/C17H19IN4.C16H19ClIN3/c1-17(2,3)12-22(11-13-4-6-14(18)7-5-13)16-8-9-20-15(10-19)21-16;1-16(2,3)11-21(14-8-9-19-15(17)20-14)10-12-4-6-13(18)7-5-12/h4-9H,11-12H2,1-3H3;4-9H,10-11H2,1-3H3. The van der Waals surface area contributed by atoms with Crippen molar-refractivity contribution < 1.29 is 0 Å². The van der Waals surface area contributed by atoms with E-state index in [2.05, 4.69) is 165 Å². The Hall–Kier alpha value is -2.56. The number of aromatic nitrogens is 4. The topological polar surface area (TPSA) is 81.8 Å². The number of hydrogen-bond acceptors (Lipinski definition) is 7. The average molecular weight is 822 g/mol. The summed E-state index contributed by atoms with van der Waals surface area (Å²) < 4.78 is 2.46. The van der Waals surface area contributed by atoms with Crippen molar-refractivity contribution in [2.45, 2.75) is 54.6 Å². The second-order valence-corrected chi connectivity index (χ2v) is 15.4. The van der Waals surface area contributed by atoms with Crippen LogP contribution in [-0.2, 0) is 13.1 Å². The summed E-state index contributed by atoms with van der Waals surface area (Å²) in [5.41, 5.74) is 2.78. The van der Waals surface area contributed by atoms with Crippen LogP contribution in [-0.4, -0.2) is 33.0 Å². The Morgan fingerprint density at radius 2 is 1.09 bits per heavy atom. The van der Waals surface area contributed by atoms with Crippen LogP contribution in [0.25, 0.3) is 0 Å². The molecule has 226 valence electrons. The summed E-state index contributed by atoms with van der Waals surface area (Å²) in [4.78, 5) is 21.1. The molecule has 4 aromatic rings. The van der Waals surface area contributed by atoms with Gasteiger partial charge >= 0.3 is 0 Å². The monoisotopic (exact) mass is 821 g/mol. The van der Waals surface area contributed by atoms with Crippen LogP contribution in [0.3, 0.4) is 0 Å². The van der Waals surface area contributed by atoms with Crippen molar-refractivity contribution in [3.05, 3.63) is 102 Å². The zero-order valence-electron chi connectivity index (χ0n) is 25.5. The molecule has 0 atom stereocenters. The summed E-state index contributed by atoms with van der Waals surface area (Å²) in [5.74, 6) is 1.86. The van der Waals surface area contributed by atoms with Crippen molar-refractivity contribution in [2.75, 3.05) is 22.9 Å². The molecule has 2 aromatic carbocycles. The van der Waals surface area contributed by atoms with Gasteiger partial charge in [0.25, 0.3) is 0 Å². The lowest BCUT2D eigenvalue weighted by Crippen LogP contribution is -2.33. The van der Waals surface area contributed by atoms with E-state index in [1.165, 1.54) is 18.3 Å². The fourth-order valence-corrected chi connectivity index (χ4v) is 5.14. The van der Waals surface area contributed by atoms with Gasteiger partial charge in [0.2, 0.25) is 11.1 Å².